The fraction of sp³-hybridized carbons (Fsp3) is 0.250. The zero-order chi connectivity index (χ0) is 15.3. The zero-order valence-corrected chi connectivity index (χ0v) is 11.3. The van der Waals surface area contributed by atoms with Gasteiger partial charge in [-0.25, -0.2) is 0 Å². The molecule has 0 saturated heterocycles. The lowest BCUT2D eigenvalue weighted by molar-refractivity contribution is -0.139. The Morgan fingerprint density at radius 1 is 0.952 bits per heavy atom. The third kappa shape index (κ3) is 4.31. The second-order valence-corrected chi connectivity index (χ2v) is 4.72. The largest absolute Gasteiger partial charge is 0.416 e. The first-order valence-corrected chi connectivity index (χ1v) is 6.57. The molecule has 0 aliphatic rings. The summed E-state index contributed by atoms with van der Waals surface area (Å²) in [4.78, 5) is 0. The highest BCUT2D eigenvalue weighted by molar-refractivity contribution is 5.31. The van der Waals surface area contributed by atoms with Gasteiger partial charge in [0, 0.05) is 13.1 Å². The van der Waals surface area contributed by atoms with E-state index in [0.717, 1.165) is 11.6 Å². The summed E-state index contributed by atoms with van der Waals surface area (Å²) in [7, 11) is 0. The van der Waals surface area contributed by atoms with E-state index in [1.165, 1.54) is 18.2 Å². The molecule has 112 valence electrons. The Balaban J connectivity index is 1.99. The molecule has 2 aromatic carbocycles. The molecular weight excluding hydrogens is 279 g/mol. The lowest BCUT2D eigenvalue weighted by atomic mass is 10.0. The summed E-state index contributed by atoms with van der Waals surface area (Å²) in [6.45, 7) is 0.550. The Morgan fingerprint density at radius 3 is 2.24 bits per heavy atom. The molecule has 0 spiro atoms. The van der Waals surface area contributed by atoms with Gasteiger partial charge in [0.1, 0.15) is 0 Å². The van der Waals surface area contributed by atoms with Gasteiger partial charge in [0.05, 0.1) is 11.7 Å². The van der Waals surface area contributed by atoms with Gasteiger partial charge in [-0.1, -0.05) is 48.5 Å². The molecule has 5 heteroatoms. The molecule has 0 aliphatic heterocycles. The quantitative estimate of drug-likeness (QED) is 0.884. The summed E-state index contributed by atoms with van der Waals surface area (Å²) in [6.07, 6.45) is -5.66. The van der Waals surface area contributed by atoms with Crippen molar-refractivity contribution in [3.8, 4) is 0 Å². The first-order chi connectivity index (χ1) is 9.98. The molecule has 0 aliphatic carbocycles. The SMILES string of the molecule is O[C@@H](CNCc1ccccc1)c1ccccc1C(F)(F)F. The van der Waals surface area contributed by atoms with Crippen molar-refractivity contribution in [1.82, 2.24) is 5.32 Å². The van der Waals surface area contributed by atoms with Crippen LogP contribution in [-0.4, -0.2) is 11.7 Å². The number of alkyl halides is 3. The minimum atomic E-state index is -4.46. The molecule has 2 nitrogen and oxygen atoms in total. The summed E-state index contributed by atoms with van der Waals surface area (Å²) in [5.74, 6) is 0. The van der Waals surface area contributed by atoms with Gasteiger partial charge in [-0.3, -0.25) is 0 Å². The van der Waals surface area contributed by atoms with E-state index in [2.05, 4.69) is 5.32 Å². The van der Waals surface area contributed by atoms with Crippen LogP contribution in [0.2, 0.25) is 0 Å². The topological polar surface area (TPSA) is 32.3 Å². The molecular formula is C16H16F3NO. The Bertz CT molecular complexity index is 569. The molecule has 21 heavy (non-hydrogen) atoms. The van der Waals surface area contributed by atoms with Crippen molar-refractivity contribution in [2.24, 2.45) is 0 Å². The lowest BCUT2D eigenvalue weighted by Gasteiger charge is -2.18. The van der Waals surface area contributed by atoms with E-state index in [1.54, 1.807) is 0 Å². The standard InChI is InChI=1S/C16H16F3NO/c17-16(18,19)14-9-5-4-8-13(14)15(21)11-20-10-12-6-2-1-3-7-12/h1-9,15,20-21H,10-11H2/t15-/m0/s1. The highest BCUT2D eigenvalue weighted by Gasteiger charge is 2.34. The van der Waals surface area contributed by atoms with Crippen molar-refractivity contribution in [2.75, 3.05) is 6.54 Å². The Labute approximate surface area is 121 Å². The highest BCUT2D eigenvalue weighted by atomic mass is 19.4. The molecule has 0 aromatic heterocycles. The molecule has 0 radical (unpaired) electrons. The van der Waals surface area contributed by atoms with Crippen LogP contribution in [0.5, 0.6) is 0 Å². The third-order valence-electron chi connectivity index (χ3n) is 3.13. The normalized spacial score (nSPS) is 13.1. The monoisotopic (exact) mass is 295 g/mol. The highest BCUT2D eigenvalue weighted by Crippen LogP contribution is 2.34. The number of hydrogen-bond acceptors (Lipinski definition) is 2. The fourth-order valence-corrected chi connectivity index (χ4v) is 2.10. The molecule has 0 unspecified atom stereocenters. The van der Waals surface area contributed by atoms with Crippen LogP contribution in [0.25, 0.3) is 0 Å². The van der Waals surface area contributed by atoms with Gasteiger partial charge >= 0.3 is 6.18 Å². The number of benzene rings is 2. The first-order valence-electron chi connectivity index (χ1n) is 6.57. The van der Waals surface area contributed by atoms with E-state index >= 15 is 0 Å². The van der Waals surface area contributed by atoms with Crippen LogP contribution in [-0.2, 0) is 12.7 Å². The van der Waals surface area contributed by atoms with E-state index in [9.17, 15) is 18.3 Å². The molecule has 0 fully saturated rings. The van der Waals surface area contributed by atoms with Crippen LogP contribution in [0.15, 0.2) is 54.6 Å². The summed E-state index contributed by atoms with van der Waals surface area (Å²) >= 11 is 0. The van der Waals surface area contributed by atoms with Crippen molar-refractivity contribution in [3.05, 3.63) is 71.3 Å². The number of aliphatic hydroxyl groups is 1. The van der Waals surface area contributed by atoms with Gasteiger partial charge in [-0.15, -0.1) is 0 Å². The maximum Gasteiger partial charge on any atom is 0.416 e. The minimum absolute atomic E-state index is 0.0575. The summed E-state index contributed by atoms with van der Waals surface area (Å²) in [5.41, 5.74) is 0.110. The Morgan fingerprint density at radius 2 is 1.57 bits per heavy atom. The average Bonchev–Trinajstić information content (AvgIpc) is 2.47. The van der Waals surface area contributed by atoms with Crippen LogP contribution in [0.1, 0.15) is 22.8 Å². The van der Waals surface area contributed by atoms with Gasteiger partial charge in [0.25, 0.3) is 0 Å². The number of halogens is 3. The first kappa shape index (κ1) is 15.5. The second-order valence-electron chi connectivity index (χ2n) is 4.72. The average molecular weight is 295 g/mol. The third-order valence-corrected chi connectivity index (χ3v) is 3.13. The van der Waals surface area contributed by atoms with Crippen molar-refractivity contribution >= 4 is 0 Å². The molecule has 0 saturated carbocycles. The van der Waals surface area contributed by atoms with E-state index < -0.39 is 17.8 Å². The second kappa shape index (κ2) is 6.74. The molecule has 0 amide bonds. The molecule has 0 heterocycles. The van der Waals surface area contributed by atoms with Gasteiger partial charge in [0.2, 0.25) is 0 Å². The van der Waals surface area contributed by atoms with Crippen LogP contribution in [0.4, 0.5) is 13.2 Å². The summed E-state index contributed by atoms with van der Waals surface area (Å²) in [5, 5.41) is 12.9. The van der Waals surface area contributed by atoms with Crippen LogP contribution >= 0.6 is 0 Å². The maximum atomic E-state index is 12.9. The fourth-order valence-electron chi connectivity index (χ4n) is 2.10. The van der Waals surface area contributed by atoms with Crippen LogP contribution < -0.4 is 5.32 Å². The van der Waals surface area contributed by atoms with Gasteiger partial charge < -0.3 is 10.4 Å². The van der Waals surface area contributed by atoms with E-state index in [4.69, 9.17) is 0 Å². The number of hydrogen-bond donors (Lipinski definition) is 2. The van der Waals surface area contributed by atoms with Crippen molar-refractivity contribution in [2.45, 2.75) is 18.8 Å². The van der Waals surface area contributed by atoms with E-state index in [0.29, 0.717) is 6.54 Å². The smallest absolute Gasteiger partial charge is 0.387 e. The van der Waals surface area contributed by atoms with E-state index in [1.807, 2.05) is 30.3 Å². The molecule has 2 rings (SSSR count). The zero-order valence-electron chi connectivity index (χ0n) is 11.3. The number of rotatable bonds is 5. The van der Waals surface area contributed by atoms with Crippen LogP contribution in [0, 0.1) is 0 Å². The molecule has 2 N–H and O–H groups in total. The van der Waals surface area contributed by atoms with Gasteiger partial charge in [-0.2, -0.15) is 13.2 Å². The van der Waals surface area contributed by atoms with Crippen molar-refractivity contribution < 1.29 is 18.3 Å². The predicted molar refractivity (Wildman–Crippen MR) is 74.6 cm³/mol. The predicted octanol–water partition coefficient (Wildman–Crippen LogP) is 3.53. The molecule has 2 aromatic rings. The lowest BCUT2D eigenvalue weighted by Crippen LogP contribution is -2.23. The minimum Gasteiger partial charge on any atom is -0.387 e. The molecule has 0 bridgehead atoms. The van der Waals surface area contributed by atoms with Crippen LogP contribution in [0.3, 0.4) is 0 Å². The summed E-state index contributed by atoms with van der Waals surface area (Å²) < 4.78 is 38.6. The van der Waals surface area contributed by atoms with Gasteiger partial charge in [0.15, 0.2) is 0 Å². The number of nitrogens with one attached hydrogen (secondary N) is 1. The molecule has 1 atom stereocenters. The van der Waals surface area contributed by atoms with E-state index in [-0.39, 0.29) is 12.1 Å². The Kier molecular flexibility index (Phi) is 4.98. The van der Waals surface area contributed by atoms with Crippen molar-refractivity contribution in [1.29, 1.82) is 0 Å². The maximum absolute atomic E-state index is 12.9. The summed E-state index contributed by atoms with van der Waals surface area (Å²) in [6, 6.07) is 14.6. The van der Waals surface area contributed by atoms with Crippen molar-refractivity contribution in [3.63, 3.8) is 0 Å². The Hall–Kier alpha value is -1.85. The number of aliphatic hydroxyl groups excluding tert-OH is 1. The van der Waals surface area contributed by atoms with Gasteiger partial charge in [-0.05, 0) is 17.2 Å².